The molecule has 1 amide bonds. The summed E-state index contributed by atoms with van der Waals surface area (Å²) in [7, 11) is 0. The van der Waals surface area contributed by atoms with E-state index in [2.05, 4.69) is 17.0 Å². The van der Waals surface area contributed by atoms with E-state index >= 15 is 0 Å². The van der Waals surface area contributed by atoms with Crippen LogP contribution in [-0.4, -0.2) is 41.9 Å². The van der Waals surface area contributed by atoms with Crippen LogP contribution < -0.4 is 0 Å². The summed E-state index contributed by atoms with van der Waals surface area (Å²) in [4.78, 5) is 17.7. The van der Waals surface area contributed by atoms with Gasteiger partial charge in [-0.05, 0) is 55.0 Å². The Morgan fingerprint density at radius 1 is 1.04 bits per heavy atom. The van der Waals surface area contributed by atoms with Gasteiger partial charge in [0.05, 0.1) is 5.92 Å². The maximum atomic E-state index is 13.3. The lowest BCUT2D eigenvalue weighted by Gasteiger charge is -2.29. The minimum atomic E-state index is -0.203. The van der Waals surface area contributed by atoms with Gasteiger partial charge in [0, 0.05) is 26.2 Å². The van der Waals surface area contributed by atoms with Crippen LogP contribution in [0.1, 0.15) is 24.0 Å². The number of hydrogen-bond donors (Lipinski definition) is 0. The molecule has 0 N–H and O–H groups in total. The van der Waals surface area contributed by atoms with Gasteiger partial charge in [0.15, 0.2) is 0 Å². The summed E-state index contributed by atoms with van der Waals surface area (Å²) in [5.41, 5.74) is 2.30. The number of aryl methyl sites for hydroxylation is 1. The Labute approximate surface area is 160 Å². The molecule has 2 aliphatic heterocycles. The molecular weight excluding hydrogens is 339 g/mol. The fourth-order valence-electron chi connectivity index (χ4n) is 4.49. The molecule has 142 valence electrons. The first-order chi connectivity index (χ1) is 13.2. The van der Waals surface area contributed by atoms with E-state index in [0.717, 1.165) is 51.0 Å². The van der Waals surface area contributed by atoms with Crippen molar-refractivity contribution < 1.29 is 9.18 Å². The first-order valence-corrected chi connectivity index (χ1v) is 9.98. The van der Waals surface area contributed by atoms with Crippen LogP contribution in [0, 0.1) is 17.7 Å². The van der Waals surface area contributed by atoms with Crippen molar-refractivity contribution in [2.75, 3.05) is 26.2 Å². The molecule has 2 bridgehead atoms. The Hall–Kier alpha value is -2.20. The molecule has 4 rings (SSSR count). The normalized spacial score (nSPS) is 23.5. The van der Waals surface area contributed by atoms with E-state index in [0.29, 0.717) is 18.4 Å². The van der Waals surface area contributed by atoms with Crippen molar-refractivity contribution in [1.82, 2.24) is 9.80 Å². The van der Waals surface area contributed by atoms with Gasteiger partial charge in [-0.15, -0.1) is 0 Å². The van der Waals surface area contributed by atoms with Crippen molar-refractivity contribution in [3.8, 4) is 0 Å². The van der Waals surface area contributed by atoms with Crippen LogP contribution in [-0.2, 0) is 17.8 Å². The van der Waals surface area contributed by atoms with Crippen LogP contribution in [0.5, 0.6) is 0 Å². The fourth-order valence-corrected chi connectivity index (χ4v) is 4.49. The molecule has 27 heavy (non-hydrogen) atoms. The minimum Gasteiger partial charge on any atom is -0.338 e. The van der Waals surface area contributed by atoms with Crippen molar-refractivity contribution >= 4 is 5.91 Å². The van der Waals surface area contributed by atoms with E-state index in [1.807, 2.05) is 35.2 Å². The molecule has 2 aromatic carbocycles. The van der Waals surface area contributed by atoms with Crippen LogP contribution in [0.4, 0.5) is 4.39 Å². The Balaban J connectivity index is 1.40. The first-order valence-electron chi connectivity index (χ1n) is 9.98. The Kier molecular flexibility index (Phi) is 5.53. The Morgan fingerprint density at radius 2 is 1.81 bits per heavy atom. The minimum absolute atomic E-state index is 0.160. The maximum Gasteiger partial charge on any atom is 0.227 e. The first kappa shape index (κ1) is 18.2. The lowest BCUT2D eigenvalue weighted by atomic mass is 9.91. The number of rotatable bonds is 7. The molecule has 0 spiro atoms. The molecule has 3 nitrogen and oxygen atoms in total. The second-order valence-electron chi connectivity index (χ2n) is 7.89. The number of benzene rings is 2. The van der Waals surface area contributed by atoms with Gasteiger partial charge in [-0.25, -0.2) is 4.39 Å². The van der Waals surface area contributed by atoms with Crippen molar-refractivity contribution in [2.24, 2.45) is 11.8 Å². The van der Waals surface area contributed by atoms with Gasteiger partial charge in [0.25, 0.3) is 0 Å². The highest BCUT2D eigenvalue weighted by Crippen LogP contribution is 2.34. The monoisotopic (exact) mass is 366 g/mol. The lowest BCUT2D eigenvalue weighted by Crippen LogP contribution is -2.41. The maximum absolute atomic E-state index is 13.3. The van der Waals surface area contributed by atoms with Gasteiger partial charge in [-0.3, -0.25) is 4.79 Å². The van der Waals surface area contributed by atoms with E-state index in [1.165, 1.54) is 17.7 Å². The molecule has 3 unspecified atom stereocenters. The molecule has 3 atom stereocenters. The molecule has 0 saturated carbocycles. The molecule has 2 heterocycles. The van der Waals surface area contributed by atoms with Crippen molar-refractivity contribution in [3.05, 3.63) is 71.5 Å². The SMILES string of the molecule is O=C(C1CN2CCC1C2)N(CCCc1ccc(F)cc1)Cc1ccccc1. The van der Waals surface area contributed by atoms with E-state index in [-0.39, 0.29) is 11.7 Å². The Morgan fingerprint density at radius 3 is 2.48 bits per heavy atom. The van der Waals surface area contributed by atoms with Gasteiger partial charge < -0.3 is 9.80 Å². The van der Waals surface area contributed by atoms with Crippen LogP contribution in [0.15, 0.2) is 54.6 Å². The summed E-state index contributed by atoms with van der Waals surface area (Å²) in [6, 6.07) is 16.9. The van der Waals surface area contributed by atoms with E-state index < -0.39 is 0 Å². The quantitative estimate of drug-likeness (QED) is 0.745. The number of carbonyl (C=O) groups is 1. The van der Waals surface area contributed by atoms with Crippen LogP contribution in [0.2, 0.25) is 0 Å². The molecule has 0 aromatic heterocycles. The summed E-state index contributed by atoms with van der Waals surface area (Å²) in [5.74, 6) is 0.803. The van der Waals surface area contributed by atoms with Crippen molar-refractivity contribution in [3.63, 3.8) is 0 Å². The summed E-state index contributed by atoms with van der Waals surface area (Å²) < 4.78 is 13.1. The summed E-state index contributed by atoms with van der Waals surface area (Å²) >= 11 is 0. The van der Waals surface area contributed by atoms with E-state index in [1.54, 1.807) is 0 Å². The summed E-state index contributed by atoms with van der Waals surface area (Å²) in [6.45, 7) is 4.58. The van der Waals surface area contributed by atoms with Gasteiger partial charge >= 0.3 is 0 Å². The van der Waals surface area contributed by atoms with E-state index in [9.17, 15) is 9.18 Å². The number of nitrogens with zero attached hydrogens (tertiary/aromatic N) is 2. The zero-order valence-corrected chi connectivity index (χ0v) is 15.7. The van der Waals surface area contributed by atoms with Crippen LogP contribution in [0.3, 0.4) is 0 Å². The average Bonchev–Trinajstić information content (AvgIpc) is 3.32. The lowest BCUT2D eigenvalue weighted by molar-refractivity contribution is -0.137. The van der Waals surface area contributed by atoms with Gasteiger partial charge in [0.2, 0.25) is 5.91 Å². The Bertz CT molecular complexity index is 762. The molecule has 2 saturated heterocycles. The third-order valence-electron chi connectivity index (χ3n) is 5.98. The topological polar surface area (TPSA) is 23.6 Å². The number of hydrogen-bond acceptors (Lipinski definition) is 2. The van der Waals surface area contributed by atoms with Gasteiger partial charge in [0.1, 0.15) is 5.82 Å². The molecular formula is C23H27FN2O. The molecule has 0 aliphatic carbocycles. The smallest absolute Gasteiger partial charge is 0.227 e. The second-order valence-corrected chi connectivity index (χ2v) is 7.89. The van der Waals surface area contributed by atoms with E-state index in [4.69, 9.17) is 0 Å². The van der Waals surface area contributed by atoms with Gasteiger partial charge in [-0.1, -0.05) is 42.5 Å². The number of piperidine rings is 1. The summed E-state index contributed by atoms with van der Waals surface area (Å²) in [6.07, 6.45) is 2.91. The highest BCUT2D eigenvalue weighted by atomic mass is 19.1. The fraction of sp³-hybridized carbons (Fsp3) is 0.435. The second kappa shape index (κ2) is 8.22. The third kappa shape index (κ3) is 4.38. The third-order valence-corrected chi connectivity index (χ3v) is 5.98. The van der Waals surface area contributed by atoms with Crippen molar-refractivity contribution in [1.29, 1.82) is 0 Å². The van der Waals surface area contributed by atoms with Crippen LogP contribution in [0.25, 0.3) is 0 Å². The predicted octanol–water partition coefficient (Wildman–Crippen LogP) is 3.74. The highest BCUT2D eigenvalue weighted by molar-refractivity contribution is 5.80. The zero-order chi connectivity index (χ0) is 18.6. The zero-order valence-electron chi connectivity index (χ0n) is 15.7. The highest BCUT2D eigenvalue weighted by Gasteiger charge is 2.43. The van der Waals surface area contributed by atoms with Crippen LogP contribution >= 0.6 is 0 Å². The largest absolute Gasteiger partial charge is 0.338 e. The van der Waals surface area contributed by atoms with Crippen molar-refractivity contribution in [2.45, 2.75) is 25.8 Å². The number of amides is 1. The van der Waals surface area contributed by atoms with Gasteiger partial charge in [-0.2, -0.15) is 0 Å². The average molecular weight is 366 g/mol. The molecule has 4 heteroatoms. The standard InChI is InChI=1S/C23H27FN2O/c24-21-10-8-18(9-11-21)7-4-13-26(15-19-5-2-1-3-6-19)23(27)22-17-25-14-12-20(22)16-25/h1-3,5-6,8-11,20,22H,4,7,12-17H2. The number of halogens is 1. The molecule has 2 aliphatic rings. The molecule has 2 aromatic rings. The number of carbonyl (C=O) groups excluding carboxylic acids is 1. The molecule has 0 radical (unpaired) electrons. The predicted molar refractivity (Wildman–Crippen MR) is 105 cm³/mol. The summed E-state index contributed by atoms with van der Waals surface area (Å²) in [5, 5.41) is 0. The number of fused-ring (bicyclic) bond motifs is 2. The molecule has 2 fully saturated rings.